The molecule has 20 heavy (non-hydrogen) atoms. The average molecular weight is 281 g/mol. The highest BCUT2D eigenvalue weighted by Gasteiger charge is 2.29. The lowest BCUT2D eigenvalue weighted by molar-refractivity contribution is -0.136. The molecule has 0 aliphatic carbocycles. The third-order valence-electron chi connectivity index (χ3n) is 3.33. The van der Waals surface area contributed by atoms with Gasteiger partial charge in [-0.1, -0.05) is 0 Å². The fourth-order valence-electron chi connectivity index (χ4n) is 2.38. The van der Waals surface area contributed by atoms with Gasteiger partial charge in [0.1, 0.15) is 6.61 Å². The van der Waals surface area contributed by atoms with Gasteiger partial charge in [0, 0.05) is 44.9 Å². The number of hydrogen-bond donors (Lipinski definition) is 0. The fraction of sp³-hybridized carbons (Fsp3) is 0.615. The van der Waals surface area contributed by atoms with Crippen LogP contribution >= 0.6 is 0 Å². The topological polar surface area (TPSA) is 73.7 Å². The molecule has 1 aliphatic heterocycles. The first-order chi connectivity index (χ1) is 9.58. The normalized spacial score (nSPS) is 14.1. The maximum absolute atomic E-state index is 11.9. The van der Waals surface area contributed by atoms with E-state index in [0.717, 1.165) is 11.3 Å². The third kappa shape index (κ3) is 2.67. The molecule has 0 spiro atoms. The Kier molecular flexibility index (Phi) is 4.39. The summed E-state index contributed by atoms with van der Waals surface area (Å²) in [7, 11) is 3.29. The van der Waals surface area contributed by atoms with Gasteiger partial charge in [0.2, 0.25) is 5.91 Å². The number of nitrogens with zero attached hydrogens (tertiary/aromatic N) is 3. The van der Waals surface area contributed by atoms with Crippen molar-refractivity contribution in [2.45, 2.75) is 19.9 Å². The lowest BCUT2D eigenvalue weighted by atomic mass is 10.1. The molecule has 0 unspecified atom stereocenters. The van der Waals surface area contributed by atoms with Crippen molar-refractivity contribution in [2.24, 2.45) is 7.05 Å². The Morgan fingerprint density at radius 1 is 1.40 bits per heavy atom. The van der Waals surface area contributed by atoms with Crippen LogP contribution in [0.2, 0.25) is 0 Å². The quantitative estimate of drug-likeness (QED) is 0.733. The number of carbonyl (C=O) groups is 2. The molecule has 1 aliphatic rings. The molecule has 2 heterocycles. The first kappa shape index (κ1) is 14.5. The zero-order valence-electron chi connectivity index (χ0n) is 12.0. The van der Waals surface area contributed by atoms with E-state index in [1.165, 1.54) is 7.11 Å². The summed E-state index contributed by atoms with van der Waals surface area (Å²) in [6.07, 6.45) is 0.674. The van der Waals surface area contributed by atoms with E-state index in [1.54, 1.807) is 23.6 Å². The molecule has 0 atom stereocenters. The Morgan fingerprint density at radius 2 is 2.15 bits per heavy atom. The first-order valence-electron chi connectivity index (χ1n) is 6.57. The lowest BCUT2D eigenvalue weighted by Crippen LogP contribution is -2.38. The highest BCUT2D eigenvalue weighted by atomic mass is 16.5. The molecule has 110 valence electrons. The van der Waals surface area contributed by atoms with Crippen LogP contribution in [0.3, 0.4) is 0 Å². The predicted octanol–water partition coefficient (Wildman–Crippen LogP) is 0.128. The van der Waals surface area contributed by atoms with E-state index < -0.39 is 5.97 Å². The van der Waals surface area contributed by atoms with E-state index in [4.69, 9.17) is 9.47 Å². The number of amides is 1. The highest BCUT2D eigenvalue weighted by molar-refractivity contribution is 5.89. The molecule has 0 saturated heterocycles. The van der Waals surface area contributed by atoms with Gasteiger partial charge in [-0.05, 0) is 6.92 Å². The Morgan fingerprint density at radius 3 is 2.80 bits per heavy atom. The molecule has 2 rings (SSSR count). The highest BCUT2D eigenvalue weighted by Crippen LogP contribution is 2.22. The van der Waals surface area contributed by atoms with E-state index in [0.29, 0.717) is 31.8 Å². The average Bonchev–Trinajstić information content (AvgIpc) is 2.76. The smallest absolute Gasteiger partial charge is 0.359 e. The largest absolute Gasteiger partial charge is 0.461 e. The number of methoxy groups -OCH3 is 1. The van der Waals surface area contributed by atoms with Crippen LogP contribution in [0, 0.1) is 0 Å². The minimum absolute atomic E-state index is 0.0460. The summed E-state index contributed by atoms with van der Waals surface area (Å²) in [6.45, 7) is 3.08. The number of hydrogen-bond acceptors (Lipinski definition) is 5. The monoisotopic (exact) mass is 281 g/mol. The second kappa shape index (κ2) is 6.04. The maximum atomic E-state index is 11.9. The SMILES string of the molecule is CCOC(=O)c1nn(C)c2c1CN(C(=O)COC)CC2. The van der Waals surface area contributed by atoms with Crippen molar-refractivity contribution >= 4 is 11.9 Å². The Labute approximate surface area is 117 Å². The van der Waals surface area contributed by atoms with Gasteiger partial charge in [0.15, 0.2) is 5.69 Å². The zero-order valence-corrected chi connectivity index (χ0v) is 12.0. The van der Waals surface area contributed by atoms with Crippen molar-refractivity contribution < 1.29 is 19.1 Å². The Bertz CT molecular complexity index is 524. The van der Waals surface area contributed by atoms with Crippen molar-refractivity contribution in [1.29, 1.82) is 0 Å². The van der Waals surface area contributed by atoms with Crippen molar-refractivity contribution in [3.05, 3.63) is 17.0 Å². The van der Waals surface area contributed by atoms with Gasteiger partial charge in [-0.3, -0.25) is 9.48 Å². The Balaban J connectivity index is 2.25. The van der Waals surface area contributed by atoms with E-state index in [-0.39, 0.29) is 12.5 Å². The van der Waals surface area contributed by atoms with E-state index in [1.807, 2.05) is 0 Å². The van der Waals surface area contributed by atoms with Crippen LogP contribution in [0.25, 0.3) is 0 Å². The molecule has 0 radical (unpaired) electrons. The van der Waals surface area contributed by atoms with Crippen molar-refractivity contribution in [3.63, 3.8) is 0 Å². The molecule has 0 bridgehead atoms. The number of aryl methyl sites for hydroxylation is 1. The minimum Gasteiger partial charge on any atom is -0.461 e. The Hall–Kier alpha value is -1.89. The minimum atomic E-state index is -0.439. The third-order valence-corrected chi connectivity index (χ3v) is 3.33. The molecule has 0 aromatic carbocycles. The molecule has 0 fully saturated rings. The predicted molar refractivity (Wildman–Crippen MR) is 70.2 cm³/mol. The summed E-state index contributed by atoms with van der Waals surface area (Å²) >= 11 is 0. The molecular weight excluding hydrogens is 262 g/mol. The van der Waals surface area contributed by atoms with Crippen molar-refractivity contribution in [2.75, 3.05) is 26.9 Å². The molecular formula is C13H19N3O4. The summed E-state index contributed by atoms with van der Waals surface area (Å²) < 4.78 is 11.6. The van der Waals surface area contributed by atoms with Gasteiger partial charge < -0.3 is 14.4 Å². The molecule has 1 amide bonds. The molecule has 7 nitrogen and oxygen atoms in total. The van der Waals surface area contributed by atoms with Gasteiger partial charge in [0.25, 0.3) is 0 Å². The summed E-state index contributed by atoms with van der Waals surface area (Å²) in [5, 5.41) is 4.22. The summed E-state index contributed by atoms with van der Waals surface area (Å²) in [4.78, 5) is 25.5. The maximum Gasteiger partial charge on any atom is 0.359 e. The van der Waals surface area contributed by atoms with Crippen LogP contribution < -0.4 is 0 Å². The van der Waals surface area contributed by atoms with Gasteiger partial charge in [0.05, 0.1) is 6.61 Å². The van der Waals surface area contributed by atoms with Crippen molar-refractivity contribution in [3.8, 4) is 0 Å². The molecule has 0 saturated carbocycles. The van der Waals surface area contributed by atoms with E-state index >= 15 is 0 Å². The summed E-state index contributed by atoms with van der Waals surface area (Å²) in [6, 6.07) is 0. The summed E-state index contributed by atoms with van der Waals surface area (Å²) in [5.74, 6) is -0.526. The number of carbonyl (C=O) groups excluding carboxylic acids is 2. The molecule has 1 aromatic heterocycles. The van der Waals surface area contributed by atoms with Crippen molar-refractivity contribution in [1.82, 2.24) is 14.7 Å². The second-order valence-corrected chi connectivity index (χ2v) is 4.62. The van der Waals surface area contributed by atoms with Gasteiger partial charge >= 0.3 is 5.97 Å². The summed E-state index contributed by atoms with van der Waals surface area (Å²) in [5.41, 5.74) is 2.07. The molecule has 0 N–H and O–H groups in total. The number of rotatable bonds is 4. The first-order valence-corrected chi connectivity index (χ1v) is 6.57. The second-order valence-electron chi connectivity index (χ2n) is 4.62. The van der Waals surface area contributed by atoms with Gasteiger partial charge in [-0.25, -0.2) is 4.79 Å². The zero-order chi connectivity index (χ0) is 14.7. The van der Waals surface area contributed by atoms with Crippen LogP contribution in [0.15, 0.2) is 0 Å². The van der Waals surface area contributed by atoms with Crippen LogP contribution in [-0.4, -0.2) is 53.4 Å². The lowest BCUT2D eigenvalue weighted by Gasteiger charge is -2.27. The number of aromatic nitrogens is 2. The number of fused-ring (bicyclic) bond motifs is 1. The van der Waals surface area contributed by atoms with Gasteiger partial charge in [-0.15, -0.1) is 0 Å². The van der Waals surface area contributed by atoms with E-state index in [9.17, 15) is 9.59 Å². The van der Waals surface area contributed by atoms with Crippen LogP contribution in [-0.2, 0) is 34.3 Å². The molecule has 1 aromatic rings. The fourth-order valence-corrected chi connectivity index (χ4v) is 2.38. The molecule has 7 heteroatoms. The van der Waals surface area contributed by atoms with Crippen LogP contribution in [0.4, 0.5) is 0 Å². The van der Waals surface area contributed by atoms with Crippen LogP contribution in [0.5, 0.6) is 0 Å². The van der Waals surface area contributed by atoms with E-state index in [2.05, 4.69) is 5.10 Å². The van der Waals surface area contributed by atoms with Crippen LogP contribution in [0.1, 0.15) is 28.7 Å². The number of esters is 1. The number of ether oxygens (including phenoxy) is 2. The van der Waals surface area contributed by atoms with Gasteiger partial charge in [-0.2, -0.15) is 5.10 Å². The standard InChI is InChI=1S/C13H19N3O4/c1-4-20-13(18)12-9-7-16(11(17)8-19-3)6-5-10(9)15(2)14-12/h4-8H2,1-3H3.